The molecule has 0 fully saturated rings. The lowest BCUT2D eigenvalue weighted by Crippen LogP contribution is -2.47. The van der Waals surface area contributed by atoms with Gasteiger partial charge in [0.15, 0.2) is 0 Å². The summed E-state index contributed by atoms with van der Waals surface area (Å²) >= 11 is 0. The molecule has 58 valence electrons. The molecule has 0 saturated carbocycles. The summed E-state index contributed by atoms with van der Waals surface area (Å²) in [5, 5.41) is 8.53. The van der Waals surface area contributed by atoms with Gasteiger partial charge in [-0.25, -0.2) is 4.79 Å². The minimum Gasteiger partial charge on any atom is -0.478 e. The Morgan fingerprint density at radius 3 is 2.27 bits per heavy atom. The molecular formula is C8H10NO2+. The zero-order valence-electron chi connectivity index (χ0n) is 6.08. The number of carbonyl (C=O) groups is 1. The molecule has 1 aromatic rings. The van der Waals surface area contributed by atoms with Crippen LogP contribution in [0, 0.1) is 0 Å². The Bertz CT molecular complexity index is 253. The van der Waals surface area contributed by atoms with Crippen molar-refractivity contribution in [2.24, 2.45) is 0 Å². The lowest BCUT2D eigenvalue weighted by atomic mass is 10.1. The van der Waals surface area contributed by atoms with Crippen molar-refractivity contribution in [1.29, 1.82) is 0 Å². The number of hydrogen-bond donors (Lipinski definition) is 2. The molecule has 0 aliphatic rings. The van der Waals surface area contributed by atoms with E-state index in [1.807, 2.05) is 0 Å². The van der Waals surface area contributed by atoms with Gasteiger partial charge in [-0.15, -0.1) is 0 Å². The molecule has 0 aliphatic carbocycles. The van der Waals surface area contributed by atoms with E-state index in [1.54, 1.807) is 24.3 Å². The van der Waals surface area contributed by atoms with E-state index < -0.39 is 5.97 Å². The summed E-state index contributed by atoms with van der Waals surface area (Å²) in [6.07, 6.45) is 0. The predicted molar refractivity (Wildman–Crippen MR) is 40.0 cm³/mol. The van der Waals surface area contributed by atoms with Crippen LogP contribution in [0.4, 0.5) is 0 Å². The molecule has 0 saturated heterocycles. The molecule has 3 heteroatoms. The fourth-order valence-corrected chi connectivity index (χ4v) is 0.814. The Balaban J connectivity index is 2.91. The first-order valence-corrected chi connectivity index (χ1v) is 3.35. The Hall–Kier alpha value is -1.35. The maximum atomic E-state index is 10.4. The quantitative estimate of drug-likeness (QED) is 0.632. The number of quaternary nitrogens is 1. The van der Waals surface area contributed by atoms with Crippen LogP contribution in [0.5, 0.6) is 0 Å². The number of aromatic carboxylic acids is 1. The molecular weight excluding hydrogens is 142 g/mol. The van der Waals surface area contributed by atoms with E-state index in [0.717, 1.165) is 5.56 Å². The molecule has 4 N–H and O–H groups in total. The third-order valence-corrected chi connectivity index (χ3v) is 1.49. The first-order valence-electron chi connectivity index (χ1n) is 3.35. The Kier molecular flexibility index (Phi) is 2.23. The average Bonchev–Trinajstić information content (AvgIpc) is 2.05. The van der Waals surface area contributed by atoms with Gasteiger partial charge in [-0.2, -0.15) is 0 Å². The third-order valence-electron chi connectivity index (χ3n) is 1.49. The van der Waals surface area contributed by atoms with Gasteiger partial charge in [0.1, 0.15) is 0 Å². The Morgan fingerprint density at radius 1 is 1.36 bits per heavy atom. The van der Waals surface area contributed by atoms with Crippen LogP contribution in [-0.2, 0) is 6.54 Å². The molecule has 1 aromatic carbocycles. The largest absolute Gasteiger partial charge is 0.478 e. The van der Waals surface area contributed by atoms with E-state index in [-0.39, 0.29) is 0 Å². The van der Waals surface area contributed by atoms with Crippen molar-refractivity contribution in [1.82, 2.24) is 0 Å². The van der Waals surface area contributed by atoms with E-state index >= 15 is 0 Å². The van der Waals surface area contributed by atoms with Crippen molar-refractivity contribution in [3.05, 3.63) is 35.4 Å². The molecule has 11 heavy (non-hydrogen) atoms. The highest BCUT2D eigenvalue weighted by Gasteiger charge is 2.00. The van der Waals surface area contributed by atoms with Gasteiger partial charge in [-0.3, -0.25) is 0 Å². The molecule has 0 unspecified atom stereocenters. The van der Waals surface area contributed by atoms with Crippen molar-refractivity contribution in [3.63, 3.8) is 0 Å². The number of benzene rings is 1. The molecule has 0 atom stereocenters. The van der Waals surface area contributed by atoms with Crippen LogP contribution in [0.2, 0.25) is 0 Å². The number of rotatable bonds is 2. The number of carboxylic acids is 1. The molecule has 0 aliphatic heterocycles. The highest BCUT2D eigenvalue weighted by molar-refractivity contribution is 5.87. The first kappa shape index (κ1) is 7.75. The standard InChI is InChI=1S/C8H9NO2/c9-5-6-1-3-7(4-2-6)8(10)11/h1-4H,5,9H2,(H,10,11)/p+1. The average molecular weight is 152 g/mol. The highest BCUT2D eigenvalue weighted by Crippen LogP contribution is 2.02. The van der Waals surface area contributed by atoms with Gasteiger partial charge in [0.05, 0.1) is 12.1 Å². The lowest BCUT2D eigenvalue weighted by molar-refractivity contribution is -0.386. The number of carboxylic acid groups (broad SMARTS) is 1. The second-order valence-electron chi connectivity index (χ2n) is 2.25. The van der Waals surface area contributed by atoms with Crippen LogP contribution < -0.4 is 5.73 Å². The van der Waals surface area contributed by atoms with Gasteiger partial charge >= 0.3 is 5.97 Å². The minimum atomic E-state index is -0.888. The molecule has 0 aromatic heterocycles. The van der Waals surface area contributed by atoms with Gasteiger partial charge < -0.3 is 10.8 Å². The van der Waals surface area contributed by atoms with E-state index in [2.05, 4.69) is 5.73 Å². The molecule has 0 bridgehead atoms. The van der Waals surface area contributed by atoms with Gasteiger partial charge in [0.2, 0.25) is 0 Å². The summed E-state index contributed by atoms with van der Waals surface area (Å²) in [7, 11) is 0. The minimum absolute atomic E-state index is 0.321. The van der Waals surface area contributed by atoms with Crippen molar-refractivity contribution in [2.75, 3.05) is 0 Å². The van der Waals surface area contributed by atoms with Crippen molar-refractivity contribution < 1.29 is 15.6 Å². The zero-order chi connectivity index (χ0) is 8.27. The van der Waals surface area contributed by atoms with E-state index in [4.69, 9.17) is 5.11 Å². The van der Waals surface area contributed by atoms with E-state index in [0.29, 0.717) is 12.1 Å². The molecule has 1 rings (SSSR count). The normalized spacial score (nSPS) is 9.55. The van der Waals surface area contributed by atoms with Crippen molar-refractivity contribution in [3.8, 4) is 0 Å². The van der Waals surface area contributed by atoms with Crippen LogP contribution in [-0.4, -0.2) is 11.1 Å². The predicted octanol–water partition coefficient (Wildman–Crippen LogP) is 0.127. The fourth-order valence-electron chi connectivity index (χ4n) is 0.814. The summed E-state index contributed by atoms with van der Waals surface area (Å²) in [4.78, 5) is 10.4. The molecule has 0 heterocycles. The van der Waals surface area contributed by atoms with Gasteiger partial charge in [0, 0.05) is 5.56 Å². The molecule has 0 amide bonds. The summed E-state index contributed by atoms with van der Waals surface area (Å²) < 4.78 is 0. The third kappa shape index (κ3) is 1.78. The van der Waals surface area contributed by atoms with Crippen molar-refractivity contribution >= 4 is 5.97 Å². The fraction of sp³-hybridized carbons (Fsp3) is 0.125. The van der Waals surface area contributed by atoms with Crippen LogP contribution >= 0.6 is 0 Å². The second-order valence-corrected chi connectivity index (χ2v) is 2.25. The van der Waals surface area contributed by atoms with Gasteiger partial charge in [-0.1, -0.05) is 12.1 Å². The summed E-state index contributed by atoms with van der Waals surface area (Å²) in [6.45, 7) is 0.694. The Labute approximate surface area is 64.5 Å². The molecule has 0 radical (unpaired) electrons. The maximum Gasteiger partial charge on any atom is 0.335 e. The van der Waals surface area contributed by atoms with Crippen LogP contribution in [0.3, 0.4) is 0 Å². The lowest BCUT2D eigenvalue weighted by Gasteiger charge is -1.94. The SMILES string of the molecule is [NH3+]Cc1ccc(C(=O)O)cc1. The van der Waals surface area contributed by atoms with Crippen molar-refractivity contribution in [2.45, 2.75) is 6.54 Å². The van der Waals surface area contributed by atoms with Gasteiger partial charge in [-0.05, 0) is 12.1 Å². The summed E-state index contributed by atoms with van der Waals surface area (Å²) in [5.41, 5.74) is 5.06. The van der Waals surface area contributed by atoms with E-state index in [1.165, 1.54) is 0 Å². The highest BCUT2D eigenvalue weighted by atomic mass is 16.4. The summed E-state index contributed by atoms with van der Waals surface area (Å²) in [5.74, 6) is -0.888. The van der Waals surface area contributed by atoms with E-state index in [9.17, 15) is 4.79 Å². The maximum absolute atomic E-state index is 10.4. The molecule has 3 nitrogen and oxygen atoms in total. The smallest absolute Gasteiger partial charge is 0.335 e. The monoisotopic (exact) mass is 152 g/mol. The topological polar surface area (TPSA) is 64.9 Å². The van der Waals surface area contributed by atoms with Crippen LogP contribution in [0.1, 0.15) is 15.9 Å². The first-order chi connectivity index (χ1) is 5.24. The summed E-state index contributed by atoms with van der Waals surface area (Å²) in [6, 6.07) is 6.72. The molecule has 0 spiro atoms. The number of hydrogen-bond acceptors (Lipinski definition) is 1. The van der Waals surface area contributed by atoms with Crippen LogP contribution in [0.15, 0.2) is 24.3 Å². The Morgan fingerprint density at radius 2 is 1.91 bits per heavy atom. The van der Waals surface area contributed by atoms with Crippen LogP contribution in [0.25, 0.3) is 0 Å². The zero-order valence-corrected chi connectivity index (χ0v) is 6.08. The second kappa shape index (κ2) is 3.16. The van der Waals surface area contributed by atoms with Gasteiger partial charge in [0.25, 0.3) is 0 Å².